The zero-order valence-electron chi connectivity index (χ0n) is 8.06. The van der Waals surface area contributed by atoms with Crippen LogP contribution in [0.25, 0.3) is 0 Å². The maximum absolute atomic E-state index is 6.49. The fourth-order valence-electron chi connectivity index (χ4n) is 5.06. The molecule has 0 saturated heterocycles. The van der Waals surface area contributed by atoms with Crippen molar-refractivity contribution in [1.82, 2.24) is 0 Å². The predicted octanol–water partition coefficient (Wildman–Crippen LogP) is 3.58. The normalized spacial score (nSPS) is 52.8. The van der Waals surface area contributed by atoms with Crippen LogP contribution in [0.15, 0.2) is 0 Å². The van der Waals surface area contributed by atoms with Crippen molar-refractivity contribution in [3.8, 4) is 0 Å². The average molecular weight is 197 g/mol. The lowest BCUT2D eigenvalue weighted by Gasteiger charge is -2.53. The molecule has 5 rings (SSSR count). The van der Waals surface area contributed by atoms with E-state index in [4.69, 9.17) is 11.6 Å². The molecule has 0 amide bonds. The smallest absolute Gasteiger partial charge is 0.0372 e. The first-order valence-corrected chi connectivity index (χ1v) is 6.36. The summed E-state index contributed by atoms with van der Waals surface area (Å²) in [7, 11) is 0. The molecule has 13 heavy (non-hydrogen) atoms. The van der Waals surface area contributed by atoms with Gasteiger partial charge in [0.25, 0.3) is 0 Å². The summed E-state index contributed by atoms with van der Waals surface area (Å²) < 4.78 is 0. The molecular weight excluding hydrogens is 180 g/mol. The van der Waals surface area contributed by atoms with Gasteiger partial charge in [0, 0.05) is 5.38 Å². The van der Waals surface area contributed by atoms with Gasteiger partial charge in [-0.1, -0.05) is 0 Å². The van der Waals surface area contributed by atoms with Gasteiger partial charge in [0.2, 0.25) is 0 Å². The van der Waals surface area contributed by atoms with Crippen LogP contribution in [-0.2, 0) is 0 Å². The summed E-state index contributed by atoms with van der Waals surface area (Å²) in [5.41, 5.74) is 1.64. The van der Waals surface area contributed by atoms with E-state index in [0.29, 0.717) is 5.38 Å². The van der Waals surface area contributed by atoms with Gasteiger partial charge in [-0.05, 0) is 67.6 Å². The summed E-state index contributed by atoms with van der Waals surface area (Å²) in [6.45, 7) is 0. The number of alkyl halides is 1. The van der Waals surface area contributed by atoms with E-state index < -0.39 is 0 Å². The minimum absolute atomic E-state index is 0.549. The zero-order valence-corrected chi connectivity index (χ0v) is 8.82. The summed E-state index contributed by atoms with van der Waals surface area (Å²) in [5, 5.41) is 0.549. The summed E-state index contributed by atoms with van der Waals surface area (Å²) in [4.78, 5) is 0. The molecule has 1 heteroatoms. The number of halogens is 1. The Morgan fingerprint density at radius 1 is 0.923 bits per heavy atom. The Morgan fingerprint density at radius 2 is 1.62 bits per heavy atom. The molecule has 72 valence electrons. The molecule has 5 fully saturated rings. The summed E-state index contributed by atoms with van der Waals surface area (Å²) >= 11 is 6.49. The molecule has 0 nitrogen and oxygen atoms in total. The number of hydrogen-bond acceptors (Lipinski definition) is 0. The minimum Gasteiger partial charge on any atom is -0.123 e. The van der Waals surface area contributed by atoms with Gasteiger partial charge in [-0.3, -0.25) is 0 Å². The minimum atomic E-state index is 0.549. The second-order valence-corrected chi connectivity index (χ2v) is 6.51. The van der Waals surface area contributed by atoms with Crippen molar-refractivity contribution >= 4 is 11.6 Å². The SMILES string of the molecule is ClC1CC2CCC1C1(CC1)C21CC1. The molecule has 0 N–H and O–H groups in total. The van der Waals surface area contributed by atoms with Crippen molar-refractivity contribution in [3.05, 3.63) is 0 Å². The first-order valence-electron chi connectivity index (χ1n) is 5.93. The second-order valence-electron chi connectivity index (χ2n) is 5.94. The third kappa shape index (κ3) is 0.663. The van der Waals surface area contributed by atoms with E-state index in [1.54, 1.807) is 12.8 Å². The van der Waals surface area contributed by atoms with Crippen LogP contribution in [0.2, 0.25) is 0 Å². The predicted molar refractivity (Wildman–Crippen MR) is 53.8 cm³/mol. The van der Waals surface area contributed by atoms with Gasteiger partial charge in [-0.25, -0.2) is 0 Å². The molecular formula is C12H17Cl. The summed E-state index contributed by atoms with van der Waals surface area (Å²) in [6, 6.07) is 0. The van der Waals surface area contributed by atoms with E-state index >= 15 is 0 Å². The van der Waals surface area contributed by atoms with Crippen LogP contribution in [0.3, 0.4) is 0 Å². The van der Waals surface area contributed by atoms with Gasteiger partial charge < -0.3 is 0 Å². The maximum Gasteiger partial charge on any atom is 0.0372 e. The third-order valence-electron chi connectivity index (χ3n) is 5.83. The van der Waals surface area contributed by atoms with Crippen molar-refractivity contribution in [3.63, 3.8) is 0 Å². The third-order valence-corrected chi connectivity index (χ3v) is 6.31. The average Bonchev–Trinajstić information content (AvgIpc) is 2.96. The molecule has 2 bridgehead atoms. The van der Waals surface area contributed by atoms with Gasteiger partial charge >= 0.3 is 0 Å². The van der Waals surface area contributed by atoms with Crippen molar-refractivity contribution in [1.29, 1.82) is 0 Å². The van der Waals surface area contributed by atoms with Crippen molar-refractivity contribution < 1.29 is 0 Å². The fourth-order valence-corrected chi connectivity index (χ4v) is 5.64. The van der Waals surface area contributed by atoms with Gasteiger partial charge in [-0.2, -0.15) is 0 Å². The van der Waals surface area contributed by atoms with E-state index in [2.05, 4.69) is 0 Å². The molecule has 0 aromatic carbocycles. The standard InChI is InChI=1S/C12H17Cl/c13-10-7-8-1-2-9(10)12(5-6-12)11(8)3-4-11/h8-10H,1-7H2. The number of hydrogen-bond donors (Lipinski definition) is 0. The van der Waals surface area contributed by atoms with Crippen LogP contribution in [0.4, 0.5) is 0 Å². The maximum atomic E-state index is 6.49. The van der Waals surface area contributed by atoms with Crippen LogP contribution >= 0.6 is 11.6 Å². The van der Waals surface area contributed by atoms with E-state index in [0.717, 1.165) is 22.7 Å². The highest BCUT2D eigenvalue weighted by Crippen LogP contribution is 2.83. The number of rotatable bonds is 0. The molecule has 0 aromatic heterocycles. The zero-order chi connectivity index (χ0) is 8.68. The Balaban J connectivity index is 1.82. The Hall–Kier alpha value is 0.290. The lowest BCUT2D eigenvalue weighted by atomic mass is 9.54. The van der Waals surface area contributed by atoms with Crippen molar-refractivity contribution in [2.24, 2.45) is 22.7 Å². The van der Waals surface area contributed by atoms with E-state index in [1.807, 2.05) is 0 Å². The van der Waals surface area contributed by atoms with Gasteiger partial charge in [0.05, 0.1) is 0 Å². The number of fused-ring (bicyclic) bond motifs is 2. The highest BCUT2D eigenvalue weighted by atomic mass is 35.5. The second kappa shape index (κ2) is 1.96. The lowest BCUT2D eigenvalue weighted by Crippen LogP contribution is -2.48. The van der Waals surface area contributed by atoms with Gasteiger partial charge in [0.1, 0.15) is 0 Å². The van der Waals surface area contributed by atoms with Crippen LogP contribution in [0.5, 0.6) is 0 Å². The van der Waals surface area contributed by atoms with E-state index in [9.17, 15) is 0 Å². The van der Waals surface area contributed by atoms with Gasteiger partial charge in [0.15, 0.2) is 0 Å². The monoisotopic (exact) mass is 196 g/mol. The van der Waals surface area contributed by atoms with Crippen LogP contribution < -0.4 is 0 Å². The first-order chi connectivity index (χ1) is 6.29. The highest BCUT2D eigenvalue weighted by molar-refractivity contribution is 6.21. The van der Waals surface area contributed by atoms with E-state index in [-0.39, 0.29) is 0 Å². The molecule has 0 radical (unpaired) electrons. The van der Waals surface area contributed by atoms with Crippen LogP contribution in [0, 0.1) is 22.7 Å². The van der Waals surface area contributed by atoms with Gasteiger partial charge in [-0.15, -0.1) is 11.6 Å². The van der Waals surface area contributed by atoms with Crippen LogP contribution in [0.1, 0.15) is 44.9 Å². The lowest BCUT2D eigenvalue weighted by molar-refractivity contribution is -0.0118. The fraction of sp³-hybridized carbons (Fsp3) is 1.00. The molecule has 0 aliphatic heterocycles. The Bertz CT molecular complexity index is 262. The van der Waals surface area contributed by atoms with Crippen molar-refractivity contribution in [2.45, 2.75) is 50.3 Å². The Labute approximate surface area is 85.0 Å². The molecule has 2 spiro atoms. The molecule has 5 saturated carbocycles. The highest BCUT2D eigenvalue weighted by Gasteiger charge is 2.75. The Kier molecular flexibility index (Phi) is 1.14. The van der Waals surface area contributed by atoms with Crippen molar-refractivity contribution in [2.75, 3.05) is 0 Å². The summed E-state index contributed by atoms with van der Waals surface area (Å²) in [6.07, 6.45) is 10.5. The van der Waals surface area contributed by atoms with Crippen LogP contribution in [-0.4, -0.2) is 5.38 Å². The topological polar surface area (TPSA) is 0 Å². The first kappa shape index (κ1) is 7.56. The molecule has 5 aliphatic carbocycles. The summed E-state index contributed by atoms with van der Waals surface area (Å²) in [5.74, 6) is 1.95. The molecule has 3 unspecified atom stereocenters. The van der Waals surface area contributed by atoms with E-state index in [1.165, 1.54) is 32.1 Å². The quantitative estimate of drug-likeness (QED) is 0.520. The largest absolute Gasteiger partial charge is 0.123 e. The molecule has 3 atom stereocenters. The molecule has 5 aliphatic rings. The Morgan fingerprint density at radius 3 is 2.15 bits per heavy atom. The molecule has 0 aromatic rings. The molecule has 0 heterocycles.